The fourth-order valence-corrected chi connectivity index (χ4v) is 5.12. The highest BCUT2D eigenvalue weighted by molar-refractivity contribution is 7.91. The van der Waals surface area contributed by atoms with E-state index in [1.54, 1.807) is 42.5 Å². The first-order valence-corrected chi connectivity index (χ1v) is 11.0. The predicted octanol–water partition coefficient (Wildman–Crippen LogP) is 2.67. The highest BCUT2D eigenvalue weighted by Gasteiger charge is 2.26. The number of piperidine rings is 1. The lowest BCUT2D eigenvalue weighted by molar-refractivity contribution is 0.0525. The Balaban J connectivity index is 1.51. The number of hydrogen-bond donors (Lipinski definition) is 1. The molecule has 1 fully saturated rings. The van der Waals surface area contributed by atoms with Gasteiger partial charge in [0.15, 0.2) is 0 Å². The molecule has 2 aliphatic heterocycles. The van der Waals surface area contributed by atoms with Gasteiger partial charge in [0.25, 0.3) is 0 Å². The molecule has 1 saturated heterocycles. The summed E-state index contributed by atoms with van der Waals surface area (Å²) >= 11 is 0. The first-order valence-electron chi connectivity index (χ1n) is 9.52. The number of fused-ring (bicyclic) bond motifs is 1. The number of rotatable bonds is 4. The van der Waals surface area contributed by atoms with Crippen molar-refractivity contribution >= 4 is 9.84 Å². The lowest BCUT2D eigenvalue weighted by Crippen LogP contribution is -2.42. The number of ether oxygens (including phenoxy) is 1. The summed E-state index contributed by atoms with van der Waals surface area (Å²) in [6.45, 7) is 2.59. The Hall–Kier alpha value is -1.89. The van der Waals surface area contributed by atoms with E-state index in [0.29, 0.717) is 10.6 Å². The number of aliphatic hydroxyl groups is 1. The lowest BCUT2D eigenvalue weighted by Gasteiger charge is -2.34. The number of aryl methyl sites for hydroxylation is 1. The van der Waals surface area contributed by atoms with E-state index in [4.69, 9.17) is 4.74 Å². The smallest absolute Gasteiger partial charge is 0.206 e. The van der Waals surface area contributed by atoms with Crippen LogP contribution < -0.4 is 4.74 Å². The highest BCUT2D eigenvalue weighted by Crippen LogP contribution is 2.32. The summed E-state index contributed by atoms with van der Waals surface area (Å²) in [4.78, 5) is 2.89. The Labute approximate surface area is 160 Å². The van der Waals surface area contributed by atoms with Crippen molar-refractivity contribution in [2.45, 2.75) is 47.7 Å². The Morgan fingerprint density at radius 2 is 1.74 bits per heavy atom. The molecule has 0 spiro atoms. The van der Waals surface area contributed by atoms with Crippen LogP contribution in [0, 0.1) is 0 Å². The highest BCUT2D eigenvalue weighted by atomic mass is 32.2. The summed E-state index contributed by atoms with van der Waals surface area (Å²) in [5.41, 5.74) is 1.06. The van der Waals surface area contributed by atoms with E-state index in [1.807, 2.05) is 6.07 Å². The van der Waals surface area contributed by atoms with Gasteiger partial charge in [0.05, 0.1) is 15.9 Å². The number of hydrogen-bond acceptors (Lipinski definition) is 5. The molecule has 2 aliphatic rings. The Kier molecular flexibility index (Phi) is 5.21. The molecule has 0 aromatic heterocycles. The van der Waals surface area contributed by atoms with Crippen LogP contribution in [0.15, 0.2) is 58.3 Å². The summed E-state index contributed by atoms with van der Waals surface area (Å²) in [6, 6.07) is 13.7. The first-order chi connectivity index (χ1) is 13.0. The molecule has 2 heterocycles. The van der Waals surface area contributed by atoms with Gasteiger partial charge < -0.3 is 9.84 Å². The fraction of sp³-hybridized carbons (Fsp3) is 0.429. The van der Waals surface area contributed by atoms with Crippen molar-refractivity contribution in [3.05, 3.63) is 54.1 Å². The minimum Gasteiger partial charge on any atom is -0.489 e. The lowest BCUT2D eigenvalue weighted by atomic mass is 10.0. The SMILES string of the molecule is O=S(=O)(c1ccccc1)c1ccc2c(c1)O[C@@H](CN1CCC(O)CC1)CC2. The van der Waals surface area contributed by atoms with Crippen LogP contribution in [0.2, 0.25) is 0 Å². The molecule has 0 amide bonds. The molecular formula is C21H25NO4S. The predicted molar refractivity (Wildman–Crippen MR) is 103 cm³/mol. The number of sulfone groups is 1. The average molecular weight is 388 g/mol. The van der Waals surface area contributed by atoms with Gasteiger partial charge in [0, 0.05) is 19.6 Å². The van der Waals surface area contributed by atoms with Gasteiger partial charge in [-0.3, -0.25) is 4.90 Å². The number of nitrogens with zero attached hydrogens (tertiary/aromatic N) is 1. The van der Waals surface area contributed by atoms with Gasteiger partial charge in [-0.1, -0.05) is 24.3 Å². The van der Waals surface area contributed by atoms with Crippen molar-refractivity contribution < 1.29 is 18.3 Å². The van der Waals surface area contributed by atoms with Gasteiger partial charge in [-0.2, -0.15) is 0 Å². The van der Waals surface area contributed by atoms with Gasteiger partial charge in [-0.25, -0.2) is 8.42 Å². The second-order valence-electron chi connectivity index (χ2n) is 7.40. The van der Waals surface area contributed by atoms with E-state index in [-0.39, 0.29) is 17.1 Å². The maximum atomic E-state index is 12.9. The second-order valence-corrected chi connectivity index (χ2v) is 9.35. The zero-order chi connectivity index (χ0) is 18.9. The molecule has 0 aliphatic carbocycles. The molecule has 5 nitrogen and oxygen atoms in total. The number of benzene rings is 2. The van der Waals surface area contributed by atoms with Crippen molar-refractivity contribution in [1.29, 1.82) is 0 Å². The molecule has 6 heteroatoms. The van der Waals surface area contributed by atoms with Crippen LogP contribution in [-0.4, -0.2) is 50.3 Å². The minimum atomic E-state index is -3.54. The molecule has 4 rings (SSSR count). The van der Waals surface area contributed by atoms with Crippen LogP contribution in [0.4, 0.5) is 0 Å². The monoisotopic (exact) mass is 387 g/mol. The number of likely N-dealkylation sites (tertiary alicyclic amines) is 1. The average Bonchev–Trinajstić information content (AvgIpc) is 2.70. The normalized spacial score (nSPS) is 21.4. The van der Waals surface area contributed by atoms with E-state index in [9.17, 15) is 13.5 Å². The van der Waals surface area contributed by atoms with E-state index < -0.39 is 9.84 Å². The molecule has 1 atom stereocenters. The molecule has 144 valence electrons. The van der Waals surface area contributed by atoms with Gasteiger partial charge in [0.1, 0.15) is 11.9 Å². The van der Waals surface area contributed by atoms with E-state index in [1.165, 1.54) is 0 Å². The van der Waals surface area contributed by atoms with Gasteiger partial charge in [-0.05, 0) is 55.5 Å². The first kappa shape index (κ1) is 18.5. The number of aliphatic hydroxyl groups excluding tert-OH is 1. The maximum Gasteiger partial charge on any atom is 0.206 e. The van der Waals surface area contributed by atoms with Crippen LogP contribution in [0.5, 0.6) is 5.75 Å². The molecule has 1 N–H and O–H groups in total. The molecule has 0 saturated carbocycles. The zero-order valence-corrected chi connectivity index (χ0v) is 16.1. The van der Waals surface area contributed by atoms with Crippen molar-refractivity contribution in [2.24, 2.45) is 0 Å². The van der Waals surface area contributed by atoms with Crippen LogP contribution >= 0.6 is 0 Å². The van der Waals surface area contributed by atoms with Gasteiger partial charge in [0.2, 0.25) is 9.84 Å². The zero-order valence-electron chi connectivity index (χ0n) is 15.3. The Morgan fingerprint density at radius 1 is 1.00 bits per heavy atom. The van der Waals surface area contributed by atoms with Crippen molar-refractivity contribution in [3.8, 4) is 5.75 Å². The fourth-order valence-electron chi connectivity index (χ4n) is 3.83. The van der Waals surface area contributed by atoms with Crippen LogP contribution in [0.3, 0.4) is 0 Å². The third-order valence-corrected chi connectivity index (χ3v) is 7.22. The van der Waals surface area contributed by atoms with Crippen molar-refractivity contribution in [3.63, 3.8) is 0 Å². The third kappa shape index (κ3) is 4.03. The molecule has 0 unspecified atom stereocenters. The molecule has 2 aromatic rings. The molecule has 27 heavy (non-hydrogen) atoms. The Bertz CT molecular complexity index is 890. The van der Waals surface area contributed by atoms with E-state index in [0.717, 1.165) is 50.9 Å². The summed E-state index contributed by atoms with van der Waals surface area (Å²) in [7, 11) is -3.54. The Morgan fingerprint density at radius 3 is 2.48 bits per heavy atom. The topological polar surface area (TPSA) is 66.8 Å². The van der Waals surface area contributed by atoms with Gasteiger partial charge in [-0.15, -0.1) is 0 Å². The standard InChI is InChI=1S/C21H25NO4S/c23-17-10-12-22(13-11-17)15-18-8-6-16-7-9-20(14-21(16)26-18)27(24,25)19-4-2-1-3-5-19/h1-5,7,9,14,17-18,23H,6,8,10-13,15H2/t18-/m1/s1. The van der Waals surface area contributed by atoms with Crippen LogP contribution in [-0.2, 0) is 16.3 Å². The summed E-state index contributed by atoms with van der Waals surface area (Å²) in [5.74, 6) is 0.681. The summed E-state index contributed by atoms with van der Waals surface area (Å²) in [5, 5.41) is 9.65. The van der Waals surface area contributed by atoms with Crippen molar-refractivity contribution in [2.75, 3.05) is 19.6 Å². The maximum absolute atomic E-state index is 12.9. The summed E-state index contributed by atoms with van der Waals surface area (Å²) in [6.07, 6.45) is 3.31. The second kappa shape index (κ2) is 7.62. The minimum absolute atomic E-state index is 0.0578. The van der Waals surface area contributed by atoms with E-state index in [2.05, 4.69) is 4.90 Å². The molecular weight excluding hydrogens is 362 g/mol. The summed E-state index contributed by atoms with van der Waals surface area (Å²) < 4.78 is 31.9. The van der Waals surface area contributed by atoms with E-state index >= 15 is 0 Å². The largest absolute Gasteiger partial charge is 0.489 e. The molecule has 0 bridgehead atoms. The molecule has 2 aromatic carbocycles. The van der Waals surface area contributed by atoms with Crippen molar-refractivity contribution in [1.82, 2.24) is 4.90 Å². The van der Waals surface area contributed by atoms with Crippen LogP contribution in [0.1, 0.15) is 24.8 Å². The quantitative estimate of drug-likeness (QED) is 0.874. The molecule has 0 radical (unpaired) electrons. The third-order valence-electron chi connectivity index (χ3n) is 5.45. The van der Waals surface area contributed by atoms with Crippen LogP contribution in [0.25, 0.3) is 0 Å². The van der Waals surface area contributed by atoms with Gasteiger partial charge >= 0.3 is 0 Å².